The summed E-state index contributed by atoms with van der Waals surface area (Å²) in [6.07, 6.45) is -1.55. The first kappa shape index (κ1) is 15.7. The molecule has 4 amide bonds. The molecule has 3 rings (SSSR count). The lowest BCUT2D eigenvalue weighted by Gasteiger charge is -2.33. The summed E-state index contributed by atoms with van der Waals surface area (Å²) in [5.41, 5.74) is -0.638. The number of carbonyl (C=O) groups is 3. The van der Waals surface area contributed by atoms with Gasteiger partial charge in [-0.25, -0.2) is 4.79 Å². The molecule has 1 aromatic carbocycles. The number of nitrogens with one attached hydrogen (secondary N) is 2. The zero-order valence-electron chi connectivity index (χ0n) is 11.9. The molecule has 0 unspecified atom stereocenters. The third-order valence-electron chi connectivity index (χ3n) is 4.10. The number of aliphatic hydroxyl groups is 2. The van der Waals surface area contributed by atoms with Gasteiger partial charge in [-0.1, -0.05) is 17.7 Å². The number of urea groups is 1. The van der Waals surface area contributed by atoms with E-state index >= 15 is 0 Å². The number of rotatable bonds is 4. The van der Waals surface area contributed by atoms with Crippen molar-refractivity contribution < 1.29 is 24.6 Å². The summed E-state index contributed by atoms with van der Waals surface area (Å²) in [7, 11) is 0. The van der Waals surface area contributed by atoms with Crippen molar-refractivity contribution in [2.24, 2.45) is 0 Å². The van der Waals surface area contributed by atoms with Crippen LogP contribution in [0.3, 0.4) is 0 Å². The van der Waals surface area contributed by atoms with Crippen LogP contribution in [-0.4, -0.2) is 57.8 Å². The van der Waals surface area contributed by atoms with E-state index in [2.05, 4.69) is 5.32 Å². The Labute approximate surface area is 136 Å². The molecule has 1 aromatic rings. The summed E-state index contributed by atoms with van der Waals surface area (Å²) in [5, 5.41) is 24.0. The van der Waals surface area contributed by atoms with Crippen LogP contribution in [0.5, 0.6) is 0 Å². The van der Waals surface area contributed by atoms with Gasteiger partial charge in [-0.2, -0.15) is 0 Å². The Balaban J connectivity index is 1.90. The molecular formula is C14H14ClN3O5. The molecule has 1 saturated heterocycles. The summed E-state index contributed by atoms with van der Waals surface area (Å²) >= 11 is 5.88. The molecule has 0 saturated carbocycles. The van der Waals surface area contributed by atoms with E-state index in [0.717, 1.165) is 5.56 Å². The maximum atomic E-state index is 12.5. The summed E-state index contributed by atoms with van der Waals surface area (Å²) < 4.78 is 0. The number of amides is 4. The average molecular weight is 340 g/mol. The lowest BCUT2D eigenvalue weighted by atomic mass is 9.92. The number of nitrogens with zero attached hydrogens (tertiary/aromatic N) is 1. The van der Waals surface area contributed by atoms with Gasteiger partial charge in [0.25, 0.3) is 11.8 Å². The fourth-order valence-electron chi connectivity index (χ4n) is 2.87. The van der Waals surface area contributed by atoms with Gasteiger partial charge in [0.15, 0.2) is 5.54 Å². The summed E-state index contributed by atoms with van der Waals surface area (Å²) in [4.78, 5) is 37.3. The van der Waals surface area contributed by atoms with Crippen molar-refractivity contribution >= 4 is 29.4 Å². The van der Waals surface area contributed by atoms with E-state index in [0.29, 0.717) is 10.6 Å². The second-order valence-electron chi connectivity index (χ2n) is 5.54. The lowest BCUT2D eigenvalue weighted by molar-refractivity contribution is -0.130. The van der Waals surface area contributed by atoms with Crippen molar-refractivity contribution in [3.8, 4) is 0 Å². The van der Waals surface area contributed by atoms with E-state index in [1.807, 2.05) is 5.32 Å². The van der Waals surface area contributed by atoms with E-state index in [1.54, 1.807) is 12.1 Å². The molecule has 122 valence electrons. The van der Waals surface area contributed by atoms with Crippen LogP contribution in [0.1, 0.15) is 15.9 Å². The second-order valence-corrected chi connectivity index (χ2v) is 5.98. The number of carbonyl (C=O) groups excluding carboxylic acids is 3. The molecular weight excluding hydrogens is 326 g/mol. The molecule has 1 fully saturated rings. The predicted molar refractivity (Wildman–Crippen MR) is 78.7 cm³/mol. The minimum Gasteiger partial charge on any atom is -0.394 e. The molecule has 0 radical (unpaired) electrons. The molecule has 2 atom stereocenters. The Morgan fingerprint density at radius 3 is 2.70 bits per heavy atom. The van der Waals surface area contributed by atoms with Gasteiger partial charge in [-0.15, -0.1) is 0 Å². The lowest BCUT2D eigenvalue weighted by Crippen LogP contribution is -2.63. The van der Waals surface area contributed by atoms with Gasteiger partial charge in [0, 0.05) is 17.1 Å². The van der Waals surface area contributed by atoms with Crippen molar-refractivity contribution in [2.75, 3.05) is 13.2 Å². The normalized spacial score (nSPS) is 24.5. The largest absolute Gasteiger partial charge is 0.394 e. The van der Waals surface area contributed by atoms with Gasteiger partial charge in [0.05, 0.1) is 13.2 Å². The van der Waals surface area contributed by atoms with Crippen LogP contribution in [0, 0.1) is 0 Å². The Morgan fingerprint density at radius 2 is 2.09 bits per heavy atom. The van der Waals surface area contributed by atoms with Gasteiger partial charge >= 0.3 is 6.03 Å². The van der Waals surface area contributed by atoms with Gasteiger partial charge in [-0.3, -0.25) is 14.9 Å². The molecule has 0 spiro atoms. The van der Waals surface area contributed by atoms with E-state index in [4.69, 9.17) is 11.6 Å². The topological polar surface area (TPSA) is 119 Å². The molecule has 2 aliphatic rings. The Hall–Kier alpha value is -2.16. The standard InChI is InChI=1S/C14H14ClN3O5/c15-8-2-1-7-4-18(11(21)9(7)3-8)6-14(10(20)5-19)12(22)16-13(23)17-14/h1-3,10,19-20H,4-6H2,(H2,16,17,22,23)/t10-,14-/m1/s1. The highest BCUT2D eigenvalue weighted by atomic mass is 35.5. The van der Waals surface area contributed by atoms with Crippen LogP contribution in [0.4, 0.5) is 4.79 Å². The molecule has 8 nitrogen and oxygen atoms in total. The minimum atomic E-state index is -1.78. The highest BCUT2D eigenvalue weighted by molar-refractivity contribution is 6.31. The number of halogens is 1. The van der Waals surface area contributed by atoms with Gasteiger partial charge < -0.3 is 20.4 Å². The fraction of sp³-hybridized carbons (Fsp3) is 0.357. The number of imide groups is 1. The third-order valence-corrected chi connectivity index (χ3v) is 4.34. The van der Waals surface area contributed by atoms with Crippen LogP contribution in [0.2, 0.25) is 5.02 Å². The highest BCUT2D eigenvalue weighted by Gasteiger charge is 2.53. The highest BCUT2D eigenvalue weighted by Crippen LogP contribution is 2.28. The van der Waals surface area contributed by atoms with Gasteiger partial charge in [-0.05, 0) is 17.7 Å². The molecule has 23 heavy (non-hydrogen) atoms. The first-order valence-electron chi connectivity index (χ1n) is 6.87. The Bertz CT molecular complexity index is 710. The molecule has 4 N–H and O–H groups in total. The predicted octanol–water partition coefficient (Wildman–Crippen LogP) is -0.773. The summed E-state index contributed by atoms with van der Waals surface area (Å²) in [5.74, 6) is -1.15. The van der Waals surface area contributed by atoms with Crippen LogP contribution in [0.15, 0.2) is 18.2 Å². The maximum absolute atomic E-state index is 12.5. The van der Waals surface area contributed by atoms with E-state index in [9.17, 15) is 24.6 Å². The van der Waals surface area contributed by atoms with Crippen LogP contribution >= 0.6 is 11.6 Å². The van der Waals surface area contributed by atoms with Crippen LogP contribution < -0.4 is 10.6 Å². The van der Waals surface area contributed by atoms with Crippen LogP contribution in [0.25, 0.3) is 0 Å². The van der Waals surface area contributed by atoms with Crippen molar-refractivity contribution in [3.05, 3.63) is 34.3 Å². The quantitative estimate of drug-likeness (QED) is 0.537. The summed E-state index contributed by atoms with van der Waals surface area (Å²) in [6.45, 7) is -0.791. The SMILES string of the molecule is O=C1NC(=O)[C@@](CN2Cc3ccc(Cl)cc3C2=O)([C@H](O)CO)N1. The molecule has 2 heterocycles. The number of hydrogen-bond acceptors (Lipinski definition) is 5. The molecule has 0 aromatic heterocycles. The average Bonchev–Trinajstić information content (AvgIpc) is 2.97. The summed E-state index contributed by atoms with van der Waals surface area (Å²) in [6, 6.07) is 4.11. The molecule has 0 bridgehead atoms. The number of aliphatic hydroxyl groups excluding tert-OH is 2. The molecule has 0 aliphatic carbocycles. The van der Waals surface area contributed by atoms with Crippen molar-refractivity contribution in [1.29, 1.82) is 0 Å². The van der Waals surface area contributed by atoms with Crippen molar-refractivity contribution in [2.45, 2.75) is 18.2 Å². The van der Waals surface area contributed by atoms with E-state index in [1.165, 1.54) is 11.0 Å². The van der Waals surface area contributed by atoms with E-state index < -0.39 is 30.2 Å². The van der Waals surface area contributed by atoms with Gasteiger partial charge in [0.1, 0.15) is 6.10 Å². The first-order chi connectivity index (χ1) is 10.9. The maximum Gasteiger partial charge on any atom is 0.322 e. The zero-order valence-corrected chi connectivity index (χ0v) is 12.6. The fourth-order valence-corrected chi connectivity index (χ4v) is 3.05. The molecule has 2 aliphatic heterocycles. The van der Waals surface area contributed by atoms with Crippen LogP contribution in [-0.2, 0) is 11.3 Å². The minimum absolute atomic E-state index is 0.217. The Kier molecular flexibility index (Phi) is 3.75. The smallest absolute Gasteiger partial charge is 0.322 e. The number of benzene rings is 1. The number of hydrogen-bond donors (Lipinski definition) is 4. The third kappa shape index (κ3) is 2.44. The first-order valence-corrected chi connectivity index (χ1v) is 7.25. The zero-order chi connectivity index (χ0) is 16.8. The van der Waals surface area contributed by atoms with Crippen molar-refractivity contribution in [1.82, 2.24) is 15.5 Å². The second kappa shape index (κ2) is 5.48. The van der Waals surface area contributed by atoms with Gasteiger partial charge in [0.2, 0.25) is 0 Å². The van der Waals surface area contributed by atoms with Crippen molar-refractivity contribution in [3.63, 3.8) is 0 Å². The number of fused-ring (bicyclic) bond motifs is 1. The monoisotopic (exact) mass is 339 g/mol. The molecule has 9 heteroatoms. The Morgan fingerprint density at radius 1 is 1.35 bits per heavy atom. The van der Waals surface area contributed by atoms with E-state index in [-0.39, 0.29) is 19.0 Å².